The number of ether oxygens (including phenoxy) is 1. The Hall–Kier alpha value is -1.46. The van der Waals surface area contributed by atoms with Crippen molar-refractivity contribution in [1.29, 1.82) is 0 Å². The van der Waals surface area contributed by atoms with Crippen LogP contribution in [-0.4, -0.2) is 54.3 Å². The maximum Gasteiger partial charge on any atom is 0.229 e. The van der Waals surface area contributed by atoms with Crippen LogP contribution in [0.2, 0.25) is 0 Å². The number of carbonyl (C=O) groups is 1. The Labute approximate surface area is 107 Å². The molecule has 0 aromatic carbocycles. The fourth-order valence-corrected chi connectivity index (χ4v) is 1.76. The van der Waals surface area contributed by atoms with Crippen LogP contribution in [0.1, 0.15) is 18.4 Å². The number of amides is 1. The summed E-state index contributed by atoms with van der Waals surface area (Å²) in [7, 11) is 3.19. The molecule has 5 heteroatoms. The minimum atomic E-state index is -0.662. The predicted octanol–water partition coefficient (Wildman–Crippen LogP) is 0.651. The molecule has 0 saturated heterocycles. The summed E-state index contributed by atoms with van der Waals surface area (Å²) in [5, 5.41) is 9.59. The van der Waals surface area contributed by atoms with Gasteiger partial charge in [-0.15, -0.1) is 0 Å². The molecule has 1 rings (SSSR count). The van der Waals surface area contributed by atoms with E-state index in [0.29, 0.717) is 0 Å². The lowest BCUT2D eigenvalue weighted by Gasteiger charge is -2.23. The molecule has 0 radical (unpaired) electrons. The van der Waals surface area contributed by atoms with Crippen LogP contribution in [0.15, 0.2) is 24.5 Å². The number of methoxy groups -OCH3 is 1. The minimum Gasteiger partial charge on any atom is -0.389 e. The highest BCUT2D eigenvalue weighted by molar-refractivity contribution is 5.83. The number of hydrogen-bond donors (Lipinski definition) is 1. The van der Waals surface area contributed by atoms with Gasteiger partial charge in [0.25, 0.3) is 0 Å². The number of aromatic nitrogens is 1. The molecule has 0 aliphatic carbocycles. The largest absolute Gasteiger partial charge is 0.389 e. The number of pyridine rings is 1. The van der Waals surface area contributed by atoms with Crippen LogP contribution in [0.5, 0.6) is 0 Å². The Kier molecular flexibility index (Phi) is 5.74. The molecular weight excluding hydrogens is 232 g/mol. The highest BCUT2D eigenvalue weighted by Crippen LogP contribution is 2.16. The molecule has 2 atom stereocenters. The molecule has 0 saturated carbocycles. The summed E-state index contributed by atoms with van der Waals surface area (Å²) in [5.41, 5.74) is 0.871. The minimum absolute atomic E-state index is 0.0434. The summed E-state index contributed by atoms with van der Waals surface area (Å²) >= 11 is 0. The number of aliphatic hydroxyl groups is 1. The van der Waals surface area contributed by atoms with Gasteiger partial charge in [-0.25, -0.2) is 0 Å². The Balaban J connectivity index is 2.58. The standard InChI is InChI=1S/C13H20N2O3/c1-10(11-5-4-6-14-7-11)13(17)15(2)8-12(16)9-18-3/h4-7,10,12,16H,8-9H2,1-3H3. The van der Waals surface area contributed by atoms with Crippen molar-refractivity contribution in [3.8, 4) is 0 Å². The lowest BCUT2D eigenvalue weighted by molar-refractivity contribution is -0.132. The second kappa shape index (κ2) is 7.08. The van der Waals surface area contributed by atoms with E-state index in [1.807, 2.05) is 13.0 Å². The lowest BCUT2D eigenvalue weighted by atomic mass is 10.0. The van der Waals surface area contributed by atoms with Crippen molar-refractivity contribution >= 4 is 5.91 Å². The van der Waals surface area contributed by atoms with Crippen LogP contribution in [-0.2, 0) is 9.53 Å². The van der Waals surface area contributed by atoms with Gasteiger partial charge in [-0.3, -0.25) is 9.78 Å². The molecular formula is C13H20N2O3. The van der Waals surface area contributed by atoms with Gasteiger partial charge in [0.1, 0.15) is 0 Å². The molecule has 0 aliphatic rings. The summed E-state index contributed by atoms with van der Waals surface area (Å²) in [6, 6.07) is 3.67. The number of aliphatic hydroxyl groups excluding tert-OH is 1. The van der Waals surface area contributed by atoms with Crippen LogP contribution >= 0.6 is 0 Å². The van der Waals surface area contributed by atoms with Crippen molar-refractivity contribution in [2.45, 2.75) is 18.9 Å². The highest BCUT2D eigenvalue weighted by Gasteiger charge is 2.21. The Morgan fingerprint density at radius 3 is 2.89 bits per heavy atom. The first-order valence-corrected chi connectivity index (χ1v) is 5.88. The van der Waals surface area contributed by atoms with Gasteiger partial charge in [-0.05, 0) is 18.6 Å². The Bertz CT molecular complexity index is 370. The summed E-state index contributed by atoms with van der Waals surface area (Å²) in [4.78, 5) is 17.6. The van der Waals surface area contributed by atoms with Gasteiger partial charge in [0.15, 0.2) is 0 Å². The zero-order chi connectivity index (χ0) is 13.5. The fourth-order valence-electron chi connectivity index (χ4n) is 1.76. The molecule has 1 amide bonds. The first kappa shape index (κ1) is 14.6. The normalized spacial score (nSPS) is 14.0. The SMILES string of the molecule is COCC(O)CN(C)C(=O)C(C)c1cccnc1. The van der Waals surface area contributed by atoms with Gasteiger partial charge in [0, 0.05) is 33.1 Å². The van der Waals surface area contributed by atoms with E-state index in [-0.39, 0.29) is 25.0 Å². The molecule has 5 nitrogen and oxygen atoms in total. The molecule has 100 valence electrons. The van der Waals surface area contributed by atoms with E-state index in [4.69, 9.17) is 4.74 Å². The van der Waals surface area contributed by atoms with Crippen molar-refractivity contribution in [2.75, 3.05) is 27.3 Å². The molecule has 0 spiro atoms. The first-order chi connectivity index (χ1) is 8.56. The third-order valence-corrected chi connectivity index (χ3v) is 2.77. The topological polar surface area (TPSA) is 62.7 Å². The summed E-state index contributed by atoms with van der Waals surface area (Å²) in [6.45, 7) is 2.31. The van der Waals surface area contributed by atoms with E-state index in [9.17, 15) is 9.90 Å². The Morgan fingerprint density at radius 1 is 1.61 bits per heavy atom. The fraction of sp³-hybridized carbons (Fsp3) is 0.538. The number of rotatable bonds is 6. The van der Waals surface area contributed by atoms with Gasteiger partial charge in [-0.2, -0.15) is 0 Å². The molecule has 18 heavy (non-hydrogen) atoms. The maximum atomic E-state index is 12.1. The molecule has 1 heterocycles. The molecule has 1 aromatic heterocycles. The third-order valence-electron chi connectivity index (χ3n) is 2.77. The van der Waals surface area contributed by atoms with Crippen molar-refractivity contribution in [3.63, 3.8) is 0 Å². The summed E-state index contributed by atoms with van der Waals surface area (Å²) in [6.07, 6.45) is 2.69. The molecule has 1 aromatic rings. The Morgan fingerprint density at radius 2 is 2.33 bits per heavy atom. The van der Waals surface area contributed by atoms with Crippen molar-refractivity contribution < 1.29 is 14.6 Å². The predicted molar refractivity (Wildman–Crippen MR) is 68.2 cm³/mol. The zero-order valence-electron chi connectivity index (χ0n) is 11.0. The third kappa shape index (κ3) is 4.09. The zero-order valence-corrected chi connectivity index (χ0v) is 11.0. The van der Waals surface area contributed by atoms with Crippen LogP contribution in [0, 0.1) is 0 Å². The summed E-state index contributed by atoms with van der Waals surface area (Å²) < 4.78 is 4.83. The first-order valence-electron chi connectivity index (χ1n) is 5.88. The van der Waals surface area contributed by atoms with E-state index in [1.54, 1.807) is 25.5 Å². The van der Waals surface area contributed by atoms with Crippen LogP contribution in [0.3, 0.4) is 0 Å². The number of hydrogen-bond acceptors (Lipinski definition) is 4. The summed E-state index contributed by atoms with van der Waals surface area (Å²) in [5.74, 6) is -0.309. The van der Waals surface area contributed by atoms with Gasteiger partial charge < -0.3 is 14.7 Å². The molecule has 2 unspecified atom stereocenters. The van der Waals surface area contributed by atoms with Gasteiger partial charge in [0.2, 0.25) is 5.91 Å². The van der Waals surface area contributed by atoms with E-state index in [2.05, 4.69) is 4.98 Å². The lowest BCUT2D eigenvalue weighted by Crippen LogP contribution is -2.38. The van der Waals surface area contributed by atoms with Crippen molar-refractivity contribution in [2.24, 2.45) is 0 Å². The second-order valence-electron chi connectivity index (χ2n) is 4.34. The molecule has 1 N–H and O–H groups in total. The highest BCUT2D eigenvalue weighted by atomic mass is 16.5. The number of nitrogens with zero attached hydrogens (tertiary/aromatic N) is 2. The molecule has 0 fully saturated rings. The average Bonchev–Trinajstić information content (AvgIpc) is 2.38. The maximum absolute atomic E-state index is 12.1. The van der Waals surface area contributed by atoms with Crippen LogP contribution in [0.25, 0.3) is 0 Å². The number of carbonyl (C=O) groups excluding carboxylic acids is 1. The van der Waals surface area contributed by atoms with Crippen molar-refractivity contribution in [1.82, 2.24) is 9.88 Å². The van der Waals surface area contributed by atoms with Gasteiger partial charge in [0.05, 0.1) is 18.6 Å². The van der Waals surface area contributed by atoms with Crippen molar-refractivity contribution in [3.05, 3.63) is 30.1 Å². The van der Waals surface area contributed by atoms with E-state index >= 15 is 0 Å². The van der Waals surface area contributed by atoms with Gasteiger partial charge in [-0.1, -0.05) is 6.07 Å². The monoisotopic (exact) mass is 252 g/mol. The van der Waals surface area contributed by atoms with Crippen LogP contribution < -0.4 is 0 Å². The smallest absolute Gasteiger partial charge is 0.229 e. The van der Waals surface area contributed by atoms with E-state index < -0.39 is 6.10 Å². The van der Waals surface area contributed by atoms with E-state index in [1.165, 1.54) is 12.0 Å². The van der Waals surface area contributed by atoms with Crippen LogP contribution in [0.4, 0.5) is 0 Å². The molecule has 0 aliphatic heterocycles. The average molecular weight is 252 g/mol. The van der Waals surface area contributed by atoms with Gasteiger partial charge >= 0.3 is 0 Å². The second-order valence-corrected chi connectivity index (χ2v) is 4.34. The number of likely N-dealkylation sites (N-methyl/N-ethyl adjacent to an activating group) is 1. The van der Waals surface area contributed by atoms with E-state index in [0.717, 1.165) is 5.56 Å². The molecule has 0 bridgehead atoms. The quantitative estimate of drug-likeness (QED) is 0.807.